The monoisotopic (exact) mass is 270 g/mol. The van der Waals surface area contributed by atoms with Crippen LogP contribution in [0.5, 0.6) is 0 Å². The normalized spacial score (nSPS) is 19.7. The van der Waals surface area contributed by atoms with E-state index in [1.165, 1.54) is 6.33 Å². The van der Waals surface area contributed by atoms with E-state index in [2.05, 4.69) is 15.3 Å². The second-order valence-corrected chi connectivity index (χ2v) is 4.57. The molecule has 1 aromatic heterocycles. The lowest BCUT2D eigenvalue weighted by atomic mass is 10.0. The van der Waals surface area contributed by atoms with Crippen LogP contribution in [0.15, 0.2) is 11.1 Å². The Morgan fingerprint density at radius 2 is 2.39 bits per heavy atom. The standard InChI is InChI=1S/C11H15ClN4O2/c1-13-10(17)7-4-2-3-5-16(7)9-8(12)11(18)15-6-14-9/h6-7H,2-5H2,1H3,(H,13,17)(H,14,15,18). The van der Waals surface area contributed by atoms with Gasteiger partial charge in [0.05, 0.1) is 6.33 Å². The topological polar surface area (TPSA) is 78.1 Å². The van der Waals surface area contributed by atoms with Crippen molar-refractivity contribution in [1.82, 2.24) is 15.3 Å². The van der Waals surface area contributed by atoms with Crippen molar-refractivity contribution in [2.75, 3.05) is 18.5 Å². The summed E-state index contributed by atoms with van der Waals surface area (Å²) in [4.78, 5) is 31.6. The van der Waals surface area contributed by atoms with Crippen molar-refractivity contribution in [1.29, 1.82) is 0 Å². The van der Waals surface area contributed by atoms with Crippen molar-refractivity contribution >= 4 is 23.3 Å². The third kappa shape index (κ3) is 2.33. The molecule has 1 aliphatic heterocycles. The van der Waals surface area contributed by atoms with Crippen molar-refractivity contribution in [3.05, 3.63) is 21.7 Å². The first-order chi connectivity index (χ1) is 8.65. The third-order valence-electron chi connectivity index (χ3n) is 3.10. The highest BCUT2D eigenvalue weighted by molar-refractivity contribution is 6.32. The Kier molecular flexibility index (Phi) is 3.86. The molecule has 1 unspecified atom stereocenters. The smallest absolute Gasteiger partial charge is 0.271 e. The summed E-state index contributed by atoms with van der Waals surface area (Å²) in [6.07, 6.45) is 3.98. The minimum absolute atomic E-state index is 0.0355. The molecule has 7 heteroatoms. The Hall–Kier alpha value is -1.56. The van der Waals surface area contributed by atoms with Crippen molar-refractivity contribution in [3.63, 3.8) is 0 Å². The highest BCUT2D eigenvalue weighted by atomic mass is 35.5. The summed E-state index contributed by atoms with van der Waals surface area (Å²) in [5.41, 5.74) is -0.386. The van der Waals surface area contributed by atoms with Crippen LogP contribution in [0.1, 0.15) is 19.3 Å². The molecule has 0 aromatic carbocycles. The number of aromatic nitrogens is 2. The number of amides is 1. The number of hydrogen-bond acceptors (Lipinski definition) is 4. The van der Waals surface area contributed by atoms with E-state index in [0.29, 0.717) is 12.4 Å². The fourth-order valence-electron chi connectivity index (χ4n) is 2.20. The van der Waals surface area contributed by atoms with Crippen molar-refractivity contribution in [2.24, 2.45) is 0 Å². The SMILES string of the molecule is CNC(=O)C1CCCCN1c1nc[nH]c(=O)c1Cl. The summed E-state index contributed by atoms with van der Waals surface area (Å²) >= 11 is 5.96. The number of anilines is 1. The Bertz CT molecular complexity index is 502. The van der Waals surface area contributed by atoms with Crippen LogP contribution in [0.4, 0.5) is 5.82 Å². The van der Waals surface area contributed by atoms with E-state index in [9.17, 15) is 9.59 Å². The van der Waals surface area contributed by atoms with Gasteiger partial charge in [-0.2, -0.15) is 0 Å². The maximum atomic E-state index is 11.8. The van der Waals surface area contributed by atoms with E-state index in [0.717, 1.165) is 19.3 Å². The summed E-state index contributed by atoms with van der Waals surface area (Å²) in [7, 11) is 1.60. The molecule has 2 rings (SSSR count). The van der Waals surface area contributed by atoms with Crippen molar-refractivity contribution in [2.45, 2.75) is 25.3 Å². The Labute approximate surface area is 109 Å². The minimum Gasteiger partial charge on any atom is -0.357 e. The number of carbonyl (C=O) groups excluding carboxylic acids is 1. The van der Waals surface area contributed by atoms with Crippen molar-refractivity contribution < 1.29 is 4.79 Å². The van der Waals surface area contributed by atoms with Crippen LogP contribution in [-0.4, -0.2) is 35.5 Å². The van der Waals surface area contributed by atoms with Crippen molar-refractivity contribution in [3.8, 4) is 0 Å². The Morgan fingerprint density at radius 1 is 1.61 bits per heavy atom. The third-order valence-corrected chi connectivity index (χ3v) is 3.44. The molecule has 1 atom stereocenters. The first kappa shape index (κ1) is 12.9. The van der Waals surface area contributed by atoms with Gasteiger partial charge in [0.1, 0.15) is 11.1 Å². The lowest BCUT2D eigenvalue weighted by Gasteiger charge is -2.35. The highest BCUT2D eigenvalue weighted by Crippen LogP contribution is 2.26. The maximum Gasteiger partial charge on any atom is 0.271 e. The molecule has 1 saturated heterocycles. The van der Waals surface area contributed by atoms with Crippen LogP contribution in [0.3, 0.4) is 0 Å². The average molecular weight is 271 g/mol. The molecule has 2 heterocycles. The molecule has 6 nitrogen and oxygen atoms in total. The number of likely N-dealkylation sites (N-methyl/N-ethyl adjacent to an activating group) is 1. The molecule has 0 aliphatic carbocycles. The summed E-state index contributed by atoms with van der Waals surface area (Å²) < 4.78 is 0. The molecule has 2 N–H and O–H groups in total. The van der Waals surface area contributed by atoms with Gasteiger partial charge >= 0.3 is 0 Å². The number of rotatable bonds is 2. The molecule has 1 amide bonds. The summed E-state index contributed by atoms with van der Waals surface area (Å²) in [6.45, 7) is 0.675. The van der Waals surface area contributed by atoms with Gasteiger partial charge in [-0.3, -0.25) is 9.59 Å². The quantitative estimate of drug-likeness (QED) is 0.822. The zero-order chi connectivity index (χ0) is 13.1. The van der Waals surface area contributed by atoms with E-state index < -0.39 is 0 Å². The minimum atomic E-state index is -0.386. The molecule has 0 saturated carbocycles. The summed E-state index contributed by atoms with van der Waals surface area (Å²) in [5.74, 6) is 0.307. The molecular weight excluding hydrogens is 256 g/mol. The van der Waals surface area contributed by atoms with Gasteiger partial charge in [0.2, 0.25) is 5.91 Å². The number of carbonyl (C=O) groups is 1. The number of nitrogens with zero attached hydrogens (tertiary/aromatic N) is 2. The first-order valence-electron chi connectivity index (χ1n) is 5.86. The molecule has 0 radical (unpaired) electrons. The van der Waals surface area contributed by atoms with Gasteiger partial charge in [0.15, 0.2) is 5.82 Å². The van der Waals surface area contributed by atoms with Gasteiger partial charge in [0.25, 0.3) is 5.56 Å². The van der Waals surface area contributed by atoms with E-state index in [4.69, 9.17) is 11.6 Å². The van der Waals surface area contributed by atoms with Crippen LogP contribution >= 0.6 is 11.6 Å². The second kappa shape index (κ2) is 5.39. The predicted molar refractivity (Wildman–Crippen MR) is 68.9 cm³/mol. The molecule has 1 fully saturated rings. The zero-order valence-corrected chi connectivity index (χ0v) is 10.8. The lowest BCUT2D eigenvalue weighted by molar-refractivity contribution is -0.122. The number of piperidine rings is 1. The number of H-pyrrole nitrogens is 1. The van der Waals surface area contributed by atoms with E-state index >= 15 is 0 Å². The fourth-order valence-corrected chi connectivity index (χ4v) is 2.41. The van der Waals surface area contributed by atoms with Crippen LogP contribution < -0.4 is 15.8 Å². The molecule has 1 aromatic rings. The van der Waals surface area contributed by atoms with Gasteiger partial charge in [-0.15, -0.1) is 0 Å². The molecule has 1 aliphatic rings. The molecule has 98 valence electrons. The molecular formula is C11H15ClN4O2. The summed E-state index contributed by atoms with van der Waals surface area (Å²) in [6, 6.07) is -0.310. The molecule has 18 heavy (non-hydrogen) atoms. The first-order valence-corrected chi connectivity index (χ1v) is 6.24. The second-order valence-electron chi connectivity index (χ2n) is 4.19. The number of hydrogen-bond donors (Lipinski definition) is 2. The zero-order valence-electron chi connectivity index (χ0n) is 10.1. The van der Waals surface area contributed by atoms with Gasteiger partial charge in [-0.05, 0) is 19.3 Å². The van der Waals surface area contributed by atoms with E-state index in [1.54, 1.807) is 11.9 Å². The predicted octanol–water partition coefficient (Wildman–Crippen LogP) is 0.528. The van der Waals surface area contributed by atoms with Gasteiger partial charge in [0, 0.05) is 13.6 Å². The Morgan fingerprint density at radius 3 is 3.11 bits per heavy atom. The Balaban J connectivity index is 2.37. The largest absolute Gasteiger partial charge is 0.357 e. The van der Waals surface area contributed by atoms with Crippen LogP contribution in [0.25, 0.3) is 0 Å². The number of aromatic amines is 1. The van der Waals surface area contributed by atoms with E-state index in [1.807, 2.05) is 0 Å². The summed E-state index contributed by atoms with van der Waals surface area (Å²) in [5, 5.41) is 2.67. The van der Waals surface area contributed by atoms with Gasteiger partial charge in [-0.1, -0.05) is 11.6 Å². The van der Waals surface area contributed by atoms with Gasteiger partial charge < -0.3 is 15.2 Å². The molecule has 0 spiro atoms. The highest BCUT2D eigenvalue weighted by Gasteiger charge is 2.30. The molecule has 0 bridgehead atoms. The van der Waals surface area contributed by atoms with Crippen LogP contribution in [-0.2, 0) is 4.79 Å². The maximum absolute atomic E-state index is 11.8. The van der Waals surface area contributed by atoms with Gasteiger partial charge in [-0.25, -0.2) is 4.98 Å². The number of nitrogens with one attached hydrogen (secondary N) is 2. The van der Waals surface area contributed by atoms with Crippen LogP contribution in [0.2, 0.25) is 5.02 Å². The number of halogens is 1. The fraction of sp³-hybridized carbons (Fsp3) is 0.545. The van der Waals surface area contributed by atoms with Crippen LogP contribution in [0, 0.1) is 0 Å². The van der Waals surface area contributed by atoms with E-state index in [-0.39, 0.29) is 22.5 Å². The lowest BCUT2D eigenvalue weighted by Crippen LogP contribution is -2.49. The average Bonchev–Trinajstić information content (AvgIpc) is 2.41.